The Morgan fingerprint density at radius 2 is 2.24 bits per heavy atom. The van der Waals surface area contributed by atoms with E-state index in [4.69, 9.17) is 5.26 Å². The normalized spacial score (nSPS) is 25.3. The third-order valence-corrected chi connectivity index (χ3v) is 5.29. The zero-order valence-corrected chi connectivity index (χ0v) is 14.1. The predicted molar refractivity (Wildman–Crippen MR) is 92.7 cm³/mol. The molecule has 1 atom stereocenters. The Hall–Kier alpha value is -2.43. The molecule has 1 fully saturated rings. The first-order valence-electron chi connectivity index (χ1n) is 8.64. The third kappa shape index (κ3) is 2.58. The van der Waals surface area contributed by atoms with E-state index in [1.165, 1.54) is 0 Å². The molecule has 0 bridgehead atoms. The van der Waals surface area contributed by atoms with Gasteiger partial charge in [0.15, 0.2) is 0 Å². The van der Waals surface area contributed by atoms with Gasteiger partial charge in [-0.05, 0) is 38.7 Å². The molecule has 1 saturated carbocycles. The summed E-state index contributed by atoms with van der Waals surface area (Å²) in [7, 11) is 0. The van der Waals surface area contributed by atoms with E-state index in [0.29, 0.717) is 18.7 Å². The number of rotatable bonds is 3. The van der Waals surface area contributed by atoms with Gasteiger partial charge in [-0.1, -0.05) is 0 Å². The number of fused-ring (bicyclic) bond motifs is 3. The van der Waals surface area contributed by atoms with Gasteiger partial charge >= 0.3 is 0 Å². The first-order valence-corrected chi connectivity index (χ1v) is 8.64. The molecular formula is C18H21N5O2. The second-order valence-corrected chi connectivity index (χ2v) is 7.04. The van der Waals surface area contributed by atoms with Crippen LogP contribution in [0.5, 0.6) is 0 Å². The van der Waals surface area contributed by atoms with E-state index in [-0.39, 0.29) is 12.5 Å². The van der Waals surface area contributed by atoms with E-state index < -0.39 is 11.7 Å². The molecule has 3 heterocycles. The minimum absolute atomic E-state index is 0.133. The molecular weight excluding hydrogens is 318 g/mol. The van der Waals surface area contributed by atoms with Crippen LogP contribution in [0.2, 0.25) is 0 Å². The molecule has 0 spiro atoms. The molecule has 1 unspecified atom stereocenters. The fourth-order valence-corrected chi connectivity index (χ4v) is 4.00. The molecule has 0 saturated heterocycles. The Morgan fingerprint density at radius 1 is 1.48 bits per heavy atom. The van der Waals surface area contributed by atoms with E-state index >= 15 is 0 Å². The van der Waals surface area contributed by atoms with Crippen molar-refractivity contribution in [1.29, 1.82) is 5.26 Å². The molecule has 3 N–H and O–H groups in total. The molecule has 3 aromatic rings. The number of pyridine rings is 1. The van der Waals surface area contributed by atoms with Gasteiger partial charge < -0.3 is 19.8 Å². The molecule has 0 amide bonds. The van der Waals surface area contributed by atoms with Crippen molar-refractivity contribution < 1.29 is 10.2 Å². The molecule has 1 aliphatic rings. The van der Waals surface area contributed by atoms with Crippen molar-refractivity contribution in [2.45, 2.75) is 56.8 Å². The second-order valence-electron chi connectivity index (χ2n) is 7.04. The first-order chi connectivity index (χ1) is 12.0. The van der Waals surface area contributed by atoms with Crippen LogP contribution in [-0.4, -0.2) is 35.3 Å². The summed E-state index contributed by atoms with van der Waals surface area (Å²) in [5, 5.41) is 30.6. The number of nitrogens with zero attached hydrogens (tertiary/aromatic N) is 4. The number of nitriles is 1. The summed E-state index contributed by atoms with van der Waals surface area (Å²) in [6.45, 7) is 1.72. The lowest BCUT2D eigenvalue weighted by Crippen LogP contribution is -2.34. The minimum atomic E-state index is -0.891. The number of imidazole rings is 1. The zero-order valence-electron chi connectivity index (χ0n) is 14.1. The molecule has 25 heavy (non-hydrogen) atoms. The minimum Gasteiger partial charge on any atom is -0.389 e. The highest BCUT2D eigenvalue weighted by Gasteiger charge is 2.35. The summed E-state index contributed by atoms with van der Waals surface area (Å²) in [5.74, 6) is 0.626. The monoisotopic (exact) mass is 339 g/mol. The van der Waals surface area contributed by atoms with Gasteiger partial charge in [-0.15, -0.1) is 0 Å². The third-order valence-electron chi connectivity index (χ3n) is 5.29. The summed E-state index contributed by atoms with van der Waals surface area (Å²) in [4.78, 5) is 12.1. The fraction of sp³-hybridized carbons (Fsp3) is 0.500. The summed E-state index contributed by atoms with van der Waals surface area (Å²) in [6.07, 6.45) is 5.70. The van der Waals surface area contributed by atoms with Gasteiger partial charge in [-0.25, -0.2) is 9.97 Å². The number of aliphatic hydroxyl groups excluding tert-OH is 1. The zero-order chi connectivity index (χ0) is 17.6. The van der Waals surface area contributed by atoms with Gasteiger partial charge in [0.25, 0.3) is 0 Å². The maximum atomic E-state index is 10.5. The van der Waals surface area contributed by atoms with Crippen LogP contribution in [0.1, 0.15) is 57.0 Å². The SMILES string of the molecule is CC(O)c1nc2cnc3[nH]ccc3c2n1C1CCC(O)(CC#N)CC1. The Morgan fingerprint density at radius 3 is 2.92 bits per heavy atom. The standard InChI is InChI=1S/C18H21N5O2/c1-11(24)17-22-14-10-21-16-13(4-9-20-16)15(14)23(17)12-2-5-18(25,6-3-12)7-8-19/h4,9-12,24-25H,2-3,5-7H2,1H3,(H,20,21). The van der Waals surface area contributed by atoms with Crippen LogP contribution in [-0.2, 0) is 0 Å². The molecule has 1 aliphatic carbocycles. The van der Waals surface area contributed by atoms with Gasteiger partial charge in [0.2, 0.25) is 0 Å². The highest BCUT2D eigenvalue weighted by atomic mass is 16.3. The van der Waals surface area contributed by atoms with Gasteiger partial charge in [-0.3, -0.25) is 0 Å². The second kappa shape index (κ2) is 5.83. The lowest BCUT2D eigenvalue weighted by atomic mass is 9.80. The van der Waals surface area contributed by atoms with Crippen molar-refractivity contribution in [3.63, 3.8) is 0 Å². The fourth-order valence-electron chi connectivity index (χ4n) is 4.00. The van der Waals surface area contributed by atoms with E-state index in [0.717, 1.165) is 34.9 Å². The van der Waals surface area contributed by atoms with Crippen molar-refractivity contribution >= 4 is 22.1 Å². The Kier molecular flexibility index (Phi) is 3.74. The molecule has 130 valence electrons. The topological polar surface area (TPSA) is 111 Å². The van der Waals surface area contributed by atoms with Crippen LogP contribution >= 0.6 is 0 Å². The Bertz CT molecular complexity index is 957. The molecule has 0 radical (unpaired) electrons. The van der Waals surface area contributed by atoms with Crippen LogP contribution in [0.15, 0.2) is 18.5 Å². The number of H-pyrrole nitrogens is 1. The van der Waals surface area contributed by atoms with Crippen LogP contribution in [0.25, 0.3) is 22.1 Å². The summed E-state index contributed by atoms with van der Waals surface area (Å²) < 4.78 is 2.11. The first kappa shape index (κ1) is 16.1. The summed E-state index contributed by atoms with van der Waals surface area (Å²) in [5.41, 5.74) is 1.64. The Labute approximate surface area is 144 Å². The van der Waals surface area contributed by atoms with Crippen LogP contribution in [0.3, 0.4) is 0 Å². The number of aromatic amines is 1. The average molecular weight is 339 g/mol. The lowest BCUT2D eigenvalue weighted by Gasteiger charge is -2.36. The highest BCUT2D eigenvalue weighted by Crippen LogP contribution is 2.40. The van der Waals surface area contributed by atoms with Gasteiger partial charge in [0.1, 0.15) is 23.1 Å². The molecule has 7 heteroatoms. The average Bonchev–Trinajstić information content (AvgIpc) is 3.19. The van der Waals surface area contributed by atoms with E-state index in [1.54, 1.807) is 13.1 Å². The smallest absolute Gasteiger partial charge is 0.139 e. The van der Waals surface area contributed by atoms with Crippen LogP contribution < -0.4 is 0 Å². The highest BCUT2D eigenvalue weighted by molar-refractivity contribution is 6.01. The van der Waals surface area contributed by atoms with Crippen molar-refractivity contribution in [3.05, 3.63) is 24.3 Å². The molecule has 3 aromatic heterocycles. The van der Waals surface area contributed by atoms with Gasteiger partial charge in [0, 0.05) is 17.6 Å². The van der Waals surface area contributed by atoms with Gasteiger partial charge in [-0.2, -0.15) is 5.26 Å². The van der Waals surface area contributed by atoms with Crippen LogP contribution in [0, 0.1) is 11.3 Å². The van der Waals surface area contributed by atoms with Crippen molar-refractivity contribution in [3.8, 4) is 6.07 Å². The number of hydrogen-bond donors (Lipinski definition) is 3. The number of nitrogens with one attached hydrogen (secondary N) is 1. The van der Waals surface area contributed by atoms with Crippen molar-refractivity contribution in [2.75, 3.05) is 0 Å². The number of hydrogen-bond acceptors (Lipinski definition) is 5. The largest absolute Gasteiger partial charge is 0.389 e. The maximum absolute atomic E-state index is 10.5. The molecule has 7 nitrogen and oxygen atoms in total. The number of aromatic nitrogens is 4. The molecule has 0 aliphatic heterocycles. The van der Waals surface area contributed by atoms with Gasteiger partial charge in [0.05, 0.1) is 29.8 Å². The maximum Gasteiger partial charge on any atom is 0.139 e. The summed E-state index contributed by atoms with van der Waals surface area (Å²) in [6, 6.07) is 4.20. The molecule has 0 aromatic carbocycles. The van der Waals surface area contributed by atoms with E-state index in [9.17, 15) is 10.2 Å². The van der Waals surface area contributed by atoms with E-state index in [2.05, 4.69) is 25.6 Å². The molecule has 4 rings (SSSR count). The lowest BCUT2D eigenvalue weighted by molar-refractivity contribution is -0.00364. The summed E-state index contributed by atoms with van der Waals surface area (Å²) >= 11 is 0. The van der Waals surface area contributed by atoms with Crippen molar-refractivity contribution in [1.82, 2.24) is 19.5 Å². The Balaban J connectivity index is 1.82. The van der Waals surface area contributed by atoms with Crippen LogP contribution in [0.4, 0.5) is 0 Å². The quantitative estimate of drug-likeness (QED) is 0.679. The predicted octanol–water partition coefficient (Wildman–Crippen LogP) is 2.73. The van der Waals surface area contributed by atoms with E-state index in [1.807, 2.05) is 12.3 Å². The van der Waals surface area contributed by atoms with Crippen molar-refractivity contribution in [2.24, 2.45) is 0 Å². The number of aliphatic hydroxyl groups is 2.